The van der Waals surface area contributed by atoms with E-state index in [-0.39, 0.29) is 5.78 Å². The van der Waals surface area contributed by atoms with Gasteiger partial charge in [0.05, 0.1) is 0 Å². The Balaban J connectivity index is 2.59. The molecule has 0 amide bonds. The second kappa shape index (κ2) is 4.05. The highest BCUT2D eigenvalue weighted by molar-refractivity contribution is 6.15. The lowest BCUT2D eigenvalue weighted by Gasteiger charge is -2.05. The van der Waals surface area contributed by atoms with Crippen molar-refractivity contribution in [1.82, 2.24) is 4.98 Å². The molecule has 0 aliphatic rings. The first-order valence-electron chi connectivity index (χ1n) is 5.36. The Labute approximate surface area is 98.3 Å². The summed E-state index contributed by atoms with van der Waals surface area (Å²) in [6, 6.07) is 7.39. The number of hydrogen-bond donors (Lipinski definition) is 2. The number of carbonyl (C=O) groups excluding carboxylic acids is 1. The molecule has 2 N–H and O–H groups in total. The number of benzene rings is 1. The van der Waals surface area contributed by atoms with E-state index in [1.807, 2.05) is 24.3 Å². The van der Waals surface area contributed by atoms with Gasteiger partial charge in [-0.2, -0.15) is 0 Å². The van der Waals surface area contributed by atoms with E-state index in [1.165, 1.54) is 6.92 Å². The fourth-order valence-electron chi connectivity index (χ4n) is 1.92. The van der Waals surface area contributed by atoms with Gasteiger partial charge in [-0.15, -0.1) is 0 Å². The van der Waals surface area contributed by atoms with Gasteiger partial charge in [-0.25, -0.2) is 0 Å². The lowest BCUT2D eigenvalue weighted by atomic mass is 9.97. The monoisotopic (exact) mass is 231 g/mol. The summed E-state index contributed by atoms with van der Waals surface area (Å²) in [5.74, 6) is -2.47. The maximum atomic E-state index is 12.1. The molecule has 0 saturated heterocycles. The number of fused-ring (bicyclic) bond motifs is 1. The van der Waals surface area contributed by atoms with Crippen molar-refractivity contribution < 1.29 is 14.7 Å². The lowest BCUT2D eigenvalue weighted by Crippen LogP contribution is -2.21. The Morgan fingerprint density at radius 2 is 1.94 bits per heavy atom. The van der Waals surface area contributed by atoms with Crippen molar-refractivity contribution in [3.63, 3.8) is 0 Å². The topological polar surface area (TPSA) is 70.2 Å². The molecule has 2 aromatic rings. The summed E-state index contributed by atoms with van der Waals surface area (Å²) in [5, 5.41) is 9.66. The second-order valence-corrected chi connectivity index (χ2v) is 4.09. The van der Waals surface area contributed by atoms with Crippen molar-refractivity contribution in [3.05, 3.63) is 35.5 Å². The van der Waals surface area contributed by atoms with Crippen molar-refractivity contribution in [2.45, 2.75) is 13.8 Å². The molecule has 2 rings (SSSR count). The molecule has 4 nitrogen and oxygen atoms in total. The number of aromatic nitrogens is 1. The number of carboxylic acids is 1. The van der Waals surface area contributed by atoms with E-state index in [1.54, 1.807) is 6.92 Å². The number of rotatable bonds is 3. The van der Waals surface area contributed by atoms with E-state index in [0.717, 1.165) is 10.9 Å². The summed E-state index contributed by atoms with van der Waals surface area (Å²) in [4.78, 5) is 26.0. The van der Waals surface area contributed by atoms with Crippen LogP contribution in [0.1, 0.15) is 23.0 Å². The average Bonchev–Trinajstić information content (AvgIpc) is 2.62. The number of aryl methyl sites for hydroxylation is 1. The molecule has 0 saturated carbocycles. The molecule has 1 heterocycles. The highest BCUT2D eigenvalue weighted by Gasteiger charge is 2.25. The third-order valence-corrected chi connectivity index (χ3v) is 2.90. The minimum Gasteiger partial charge on any atom is -0.481 e. The van der Waals surface area contributed by atoms with Crippen LogP contribution in [0.2, 0.25) is 0 Å². The van der Waals surface area contributed by atoms with E-state index >= 15 is 0 Å². The smallest absolute Gasteiger partial charge is 0.314 e. The van der Waals surface area contributed by atoms with E-state index in [9.17, 15) is 9.59 Å². The van der Waals surface area contributed by atoms with Gasteiger partial charge in [0, 0.05) is 22.2 Å². The molecule has 0 bridgehead atoms. The van der Waals surface area contributed by atoms with Crippen LogP contribution < -0.4 is 0 Å². The highest BCUT2D eigenvalue weighted by Crippen LogP contribution is 2.24. The van der Waals surface area contributed by atoms with Crippen molar-refractivity contribution in [2.75, 3.05) is 0 Å². The summed E-state index contributed by atoms with van der Waals surface area (Å²) >= 11 is 0. The first-order chi connectivity index (χ1) is 8.02. The Hall–Kier alpha value is -2.10. The van der Waals surface area contributed by atoms with Crippen LogP contribution in [0.4, 0.5) is 0 Å². The van der Waals surface area contributed by atoms with Crippen LogP contribution in [0.3, 0.4) is 0 Å². The van der Waals surface area contributed by atoms with Crippen molar-refractivity contribution in [1.29, 1.82) is 0 Å². The van der Waals surface area contributed by atoms with E-state index in [2.05, 4.69) is 4.98 Å². The zero-order valence-corrected chi connectivity index (χ0v) is 9.65. The fraction of sp³-hybridized carbons (Fsp3) is 0.231. The summed E-state index contributed by atoms with van der Waals surface area (Å²) in [5.41, 5.74) is 2.05. The minimum atomic E-state index is -1.10. The van der Waals surface area contributed by atoms with Crippen molar-refractivity contribution >= 4 is 22.7 Å². The normalized spacial score (nSPS) is 12.6. The van der Waals surface area contributed by atoms with Gasteiger partial charge in [-0.05, 0) is 19.9 Å². The summed E-state index contributed by atoms with van der Waals surface area (Å²) in [6.07, 6.45) is 0. The maximum absolute atomic E-state index is 12.1. The molecule has 0 fully saturated rings. The Bertz CT molecular complexity index is 598. The number of ketones is 1. The predicted molar refractivity (Wildman–Crippen MR) is 64.2 cm³/mol. The molecule has 1 aromatic heterocycles. The Morgan fingerprint density at radius 1 is 1.29 bits per heavy atom. The van der Waals surface area contributed by atoms with Crippen LogP contribution in [-0.4, -0.2) is 21.8 Å². The number of Topliss-reactive ketones (excluding diaryl/α,β-unsaturated/α-hetero) is 1. The number of aliphatic carboxylic acids is 1. The Morgan fingerprint density at radius 3 is 2.59 bits per heavy atom. The number of aromatic amines is 1. The standard InChI is InChI=1S/C13H13NO3/c1-7(13(16)17)12(15)11-8(2)14-10-6-4-3-5-9(10)11/h3-7,14H,1-2H3,(H,16,17). The molecule has 4 heteroatoms. The van der Waals surface area contributed by atoms with E-state index in [0.29, 0.717) is 11.3 Å². The number of para-hydroxylation sites is 1. The molecule has 0 spiro atoms. The zero-order valence-electron chi connectivity index (χ0n) is 9.65. The van der Waals surface area contributed by atoms with Gasteiger partial charge in [-0.1, -0.05) is 18.2 Å². The van der Waals surface area contributed by atoms with Crippen LogP contribution in [0, 0.1) is 12.8 Å². The number of nitrogens with one attached hydrogen (secondary N) is 1. The first kappa shape index (κ1) is 11.4. The Kier molecular flexibility index (Phi) is 2.71. The number of carbonyl (C=O) groups is 2. The zero-order chi connectivity index (χ0) is 12.6. The predicted octanol–water partition coefficient (Wildman–Crippen LogP) is 2.38. The molecular formula is C13H13NO3. The van der Waals surface area contributed by atoms with Crippen LogP contribution >= 0.6 is 0 Å². The highest BCUT2D eigenvalue weighted by atomic mass is 16.4. The summed E-state index contributed by atoms with van der Waals surface area (Å²) in [7, 11) is 0. The molecule has 1 atom stereocenters. The van der Waals surface area contributed by atoms with Crippen LogP contribution in [0.25, 0.3) is 10.9 Å². The fourth-order valence-corrected chi connectivity index (χ4v) is 1.92. The lowest BCUT2D eigenvalue weighted by molar-refractivity contribution is -0.139. The molecule has 17 heavy (non-hydrogen) atoms. The van der Waals surface area contributed by atoms with Gasteiger partial charge in [0.25, 0.3) is 0 Å². The van der Waals surface area contributed by atoms with Crippen LogP contribution in [0.5, 0.6) is 0 Å². The third kappa shape index (κ3) is 1.82. The quantitative estimate of drug-likeness (QED) is 0.629. The molecule has 0 aliphatic heterocycles. The molecule has 0 aliphatic carbocycles. The van der Waals surface area contributed by atoms with Gasteiger partial charge in [0.15, 0.2) is 5.78 Å². The largest absolute Gasteiger partial charge is 0.481 e. The first-order valence-corrected chi connectivity index (χ1v) is 5.36. The molecular weight excluding hydrogens is 218 g/mol. The number of hydrogen-bond acceptors (Lipinski definition) is 2. The van der Waals surface area contributed by atoms with Crippen LogP contribution in [0.15, 0.2) is 24.3 Å². The molecule has 1 aromatic carbocycles. The van der Waals surface area contributed by atoms with Crippen molar-refractivity contribution in [3.8, 4) is 0 Å². The molecule has 1 unspecified atom stereocenters. The maximum Gasteiger partial charge on any atom is 0.314 e. The average molecular weight is 231 g/mol. The minimum absolute atomic E-state index is 0.354. The van der Waals surface area contributed by atoms with Crippen molar-refractivity contribution in [2.24, 2.45) is 5.92 Å². The number of H-pyrrole nitrogens is 1. The van der Waals surface area contributed by atoms with Crippen LogP contribution in [-0.2, 0) is 4.79 Å². The van der Waals surface area contributed by atoms with E-state index < -0.39 is 11.9 Å². The van der Waals surface area contributed by atoms with Gasteiger partial charge in [0.2, 0.25) is 0 Å². The second-order valence-electron chi connectivity index (χ2n) is 4.09. The summed E-state index contributed by atoms with van der Waals surface area (Å²) < 4.78 is 0. The van der Waals surface area contributed by atoms with Gasteiger partial charge < -0.3 is 10.1 Å². The van der Waals surface area contributed by atoms with E-state index in [4.69, 9.17) is 5.11 Å². The molecule has 88 valence electrons. The van der Waals surface area contributed by atoms with Gasteiger partial charge >= 0.3 is 5.97 Å². The number of carboxylic acid groups (broad SMARTS) is 1. The summed E-state index contributed by atoms with van der Waals surface area (Å²) in [6.45, 7) is 3.19. The SMILES string of the molecule is Cc1[nH]c2ccccc2c1C(=O)C(C)C(=O)O. The third-order valence-electron chi connectivity index (χ3n) is 2.90. The molecule has 0 radical (unpaired) electrons. The van der Waals surface area contributed by atoms with Gasteiger partial charge in [0.1, 0.15) is 5.92 Å². The van der Waals surface area contributed by atoms with Gasteiger partial charge in [-0.3, -0.25) is 9.59 Å².